The van der Waals surface area contributed by atoms with E-state index in [2.05, 4.69) is 39.7 Å². The number of likely N-dealkylation sites (N-methyl/N-ethyl adjacent to an activating group) is 1. The highest BCUT2D eigenvalue weighted by Gasteiger charge is 2.24. The quantitative estimate of drug-likeness (QED) is 0.524. The zero-order chi connectivity index (χ0) is 21.1. The number of carbonyl (C=O) groups excluding carboxylic acids is 1. The lowest BCUT2D eigenvalue weighted by Crippen LogP contribution is -2.47. The van der Waals surface area contributed by atoms with Crippen LogP contribution in [0.15, 0.2) is 18.3 Å². The van der Waals surface area contributed by atoms with Gasteiger partial charge in [-0.25, -0.2) is 9.78 Å². The summed E-state index contributed by atoms with van der Waals surface area (Å²) in [5, 5.41) is 10.6. The van der Waals surface area contributed by atoms with Crippen molar-refractivity contribution in [1.82, 2.24) is 20.1 Å². The third-order valence-corrected chi connectivity index (χ3v) is 5.25. The first-order valence-electron chi connectivity index (χ1n) is 10.5. The van der Waals surface area contributed by atoms with E-state index in [0.29, 0.717) is 24.8 Å². The largest absolute Gasteiger partial charge is 0.450 e. The average Bonchev–Trinajstić information content (AvgIpc) is 2.73. The van der Waals surface area contributed by atoms with E-state index in [9.17, 15) is 4.79 Å². The van der Waals surface area contributed by atoms with Crippen LogP contribution >= 0.6 is 12.2 Å². The summed E-state index contributed by atoms with van der Waals surface area (Å²) in [6.45, 7) is 11.8. The van der Waals surface area contributed by atoms with Crippen LogP contribution in [0.4, 0.5) is 16.3 Å². The van der Waals surface area contributed by atoms with Gasteiger partial charge in [0.15, 0.2) is 5.11 Å². The van der Waals surface area contributed by atoms with Gasteiger partial charge < -0.3 is 30.5 Å². The Morgan fingerprint density at radius 3 is 2.69 bits per heavy atom. The van der Waals surface area contributed by atoms with Gasteiger partial charge in [-0.2, -0.15) is 0 Å². The van der Waals surface area contributed by atoms with Crippen molar-refractivity contribution >= 4 is 34.9 Å². The molecule has 0 saturated carbocycles. The number of nitrogens with one attached hydrogen (secondary N) is 3. The van der Waals surface area contributed by atoms with Crippen LogP contribution in [-0.2, 0) is 4.74 Å². The summed E-state index contributed by atoms with van der Waals surface area (Å²) < 4.78 is 5.06. The number of hydrogen-bond donors (Lipinski definition) is 3. The fourth-order valence-electron chi connectivity index (χ4n) is 3.28. The summed E-state index contributed by atoms with van der Waals surface area (Å²) in [7, 11) is 0. The molecule has 1 aliphatic rings. The molecule has 0 aromatic carbocycles. The number of hydrogen-bond acceptors (Lipinski definition) is 6. The van der Waals surface area contributed by atoms with Crippen LogP contribution in [0.5, 0.6) is 0 Å². The molecule has 2 heterocycles. The number of likely N-dealkylation sites (tertiary alicyclic amines) is 1. The Hall–Kier alpha value is -2.13. The molecule has 0 aliphatic carbocycles. The third-order valence-electron chi connectivity index (χ3n) is 5.03. The molecule has 1 saturated heterocycles. The Morgan fingerprint density at radius 1 is 1.31 bits per heavy atom. The first kappa shape index (κ1) is 23.2. The van der Waals surface area contributed by atoms with Gasteiger partial charge in [0, 0.05) is 38.4 Å². The molecule has 3 N–H and O–H groups in total. The molecular weight excluding hydrogens is 388 g/mol. The molecule has 0 atom stereocenters. The van der Waals surface area contributed by atoms with E-state index in [1.54, 1.807) is 11.1 Å². The molecule has 0 spiro atoms. The number of carbonyl (C=O) groups is 1. The van der Waals surface area contributed by atoms with Crippen LogP contribution in [-0.4, -0.2) is 77.9 Å². The minimum atomic E-state index is -0.234. The van der Waals surface area contributed by atoms with E-state index in [-0.39, 0.29) is 12.1 Å². The van der Waals surface area contributed by atoms with Gasteiger partial charge >= 0.3 is 6.09 Å². The second-order valence-electron chi connectivity index (χ2n) is 6.91. The minimum absolute atomic E-state index is 0.233. The molecule has 0 radical (unpaired) electrons. The smallest absolute Gasteiger partial charge is 0.409 e. The van der Waals surface area contributed by atoms with Gasteiger partial charge in [0.1, 0.15) is 5.82 Å². The molecule has 1 aliphatic heterocycles. The van der Waals surface area contributed by atoms with E-state index in [4.69, 9.17) is 17.0 Å². The molecule has 29 heavy (non-hydrogen) atoms. The van der Waals surface area contributed by atoms with Gasteiger partial charge in [0.25, 0.3) is 0 Å². The van der Waals surface area contributed by atoms with Crippen molar-refractivity contribution < 1.29 is 9.53 Å². The lowest BCUT2D eigenvalue weighted by Gasteiger charge is -2.32. The standard InChI is InChI=1S/C20H34N6O2S/c1-4-25(5-2)15-12-22-18-17(8-7-11-21-18)24-19(29)23-16-9-13-26(14-10-16)20(27)28-6-3/h7-8,11,16H,4-6,9-10,12-15H2,1-3H3,(H,21,22)(H2,23,24,29). The fraction of sp³-hybridized carbons (Fsp3) is 0.650. The maximum atomic E-state index is 11.8. The van der Waals surface area contributed by atoms with Crippen molar-refractivity contribution in [3.63, 3.8) is 0 Å². The summed E-state index contributed by atoms with van der Waals surface area (Å²) in [5.74, 6) is 0.793. The molecule has 2 rings (SSSR count). The lowest BCUT2D eigenvalue weighted by atomic mass is 10.1. The van der Waals surface area contributed by atoms with E-state index in [1.807, 2.05) is 19.1 Å². The fourth-order valence-corrected chi connectivity index (χ4v) is 3.56. The number of rotatable bonds is 9. The number of nitrogens with zero attached hydrogens (tertiary/aromatic N) is 3. The molecule has 9 heteroatoms. The first-order chi connectivity index (χ1) is 14.1. The Labute approximate surface area is 179 Å². The highest BCUT2D eigenvalue weighted by atomic mass is 32.1. The summed E-state index contributed by atoms with van der Waals surface area (Å²) >= 11 is 5.50. The molecule has 1 aromatic rings. The molecular formula is C20H34N6O2S. The SMILES string of the molecule is CCOC(=O)N1CCC(NC(=S)Nc2cccnc2NCCN(CC)CC)CC1. The number of piperidine rings is 1. The number of aromatic nitrogens is 1. The third kappa shape index (κ3) is 7.66. The van der Waals surface area contributed by atoms with E-state index in [0.717, 1.165) is 50.5 Å². The zero-order valence-electron chi connectivity index (χ0n) is 17.7. The van der Waals surface area contributed by atoms with Crippen LogP contribution in [0.2, 0.25) is 0 Å². The summed E-state index contributed by atoms with van der Waals surface area (Å²) in [6.07, 6.45) is 3.21. The van der Waals surface area contributed by atoms with Crippen molar-refractivity contribution in [2.75, 3.05) is 56.5 Å². The normalized spacial score (nSPS) is 14.6. The lowest BCUT2D eigenvalue weighted by molar-refractivity contribution is 0.0964. The van der Waals surface area contributed by atoms with Crippen molar-refractivity contribution in [2.45, 2.75) is 39.7 Å². The molecule has 162 valence electrons. The van der Waals surface area contributed by atoms with Crippen molar-refractivity contribution in [2.24, 2.45) is 0 Å². The molecule has 0 bridgehead atoms. The van der Waals surface area contributed by atoms with Gasteiger partial charge in [0.05, 0.1) is 12.3 Å². The molecule has 1 fully saturated rings. The number of anilines is 2. The van der Waals surface area contributed by atoms with Gasteiger partial charge in [0.2, 0.25) is 0 Å². The van der Waals surface area contributed by atoms with Crippen molar-refractivity contribution in [1.29, 1.82) is 0 Å². The Kier molecular flexibility index (Phi) is 9.93. The van der Waals surface area contributed by atoms with Gasteiger partial charge in [-0.1, -0.05) is 13.8 Å². The summed E-state index contributed by atoms with van der Waals surface area (Å²) in [4.78, 5) is 20.3. The topological polar surface area (TPSA) is 81.8 Å². The summed E-state index contributed by atoms with van der Waals surface area (Å²) in [6, 6.07) is 4.08. The monoisotopic (exact) mass is 422 g/mol. The highest BCUT2D eigenvalue weighted by molar-refractivity contribution is 7.80. The zero-order valence-corrected chi connectivity index (χ0v) is 18.6. The number of pyridine rings is 1. The van der Waals surface area contributed by atoms with Crippen molar-refractivity contribution in [3.05, 3.63) is 18.3 Å². The van der Waals surface area contributed by atoms with Crippen LogP contribution in [0.3, 0.4) is 0 Å². The van der Waals surface area contributed by atoms with Crippen LogP contribution in [0.1, 0.15) is 33.6 Å². The molecule has 1 amide bonds. The second kappa shape index (κ2) is 12.4. The molecule has 1 aromatic heterocycles. The maximum Gasteiger partial charge on any atom is 0.409 e. The van der Waals surface area contributed by atoms with Gasteiger partial charge in [-0.3, -0.25) is 0 Å². The first-order valence-corrected chi connectivity index (χ1v) is 10.9. The second-order valence-corrected chi connectivity index (χ2v) is 7.32. The predicted octanol–water partition coefficient (Wildman–Crippen LogP) is 2.74. The predicted molar refractivity (Wildman–Crippen MR) is 121 cm³/mol. The average molecular weight is 423 g/mol. The van der Waals surface area contributed by atoms with Gasteiger partial charge in [-0.15, -0.1) is 0 Å². The number of amides is 1. The number of ether oxygens (including phenoxy) is 1. The van der Waals surface area contributed by atoms with Crippen LogP contribution < -0.4 is 16.0 Å². The Balaban J connectivity index is 1.80. The van der Waals surface area contributed by atoms with Gasteiger partial charge in [-0.05, 0) is 57.2 Å². The maximum absolute atomic E-state index is 11.8. The Bertz CT molecular complexity index is 648. The van der Waals surface area contributed by atoms with E-state index < -0.39 is 0 Å². The van der Waals surface area contributed by atoms with Crippen molar-refractivity contribution in [3.8, 4) is 0 Å². The van der Waals surface area contributed by atoms with E-state index >= 15 is 0 Å². The van der Waals surface area contributed by atoms with Crippen LogP contribution in [0.25, 0.3) is 0 Å². The molecule has 0 unspecified atom stereocenters. The Morgan fingerprint density at radius 2 is 2.03 bits per heavy atom. The van der Waals surface area contributed by atoms with Crippen LogP contribution in [0, 0.1) is 0 Å². The summed E-state index contributed by atoms with van der Waals surface area (Å²) in [5.41, 5.74) is 0.855. The minimum Gasteiger partial charge on any atom is -0.450 e. The number of thiocarbonyl (C=S) groups is 1. The van der Waals surface area contributed by atoms with E-state index in [1.165, 1.54) is 0 Å². The highest BCUT2D eigenvalue weighted by Crippen LogP contribution is 2.18. The molecule has 8 nitrogen and oxygen atoms in total.